The summed E-state index contributed by atoms with van der Waals surface area (Å²) in [7, 11) is 0. The number of nitrogens with zero attached hydrogens (tertiary/aromatic N) is 1. The summed E-state index contributed by atoms with van der Waals surface area (Å²) in [6, 6.07) is 0. The Morgan fingerprint density at radius 2 is 1.81 bits per heavy atom. The number of aromatic nitrogens is 2. The highest BCUT2D eigenvalue weighted by Gasteiger charge is 2.31. The zero-order valence-corrected chi connectivity index (χ0v) is 11.6. The summed E-state index contributed by atoms with van der Waals surface area (Å²) in [6.07, 6.45) is 5.12. The second-order valence-electron chi connectivity index (χ2n) is 5.44. The number of anilines is 1. The van der Waals surface area contributed by atoms with Gasteiger partial charge in [0, 0.05) is 22.3 Å². The van der Waals surface area contributed by atoms with Gasteiger partial charge in [-0.1, -0.05) is 0 Å². The minimum absolute atomic E-state index is 0.227. The minimum atomic E-state index is 0.227. The molecule has 0 fully saturated rings. The van der Waals surface area contributed by atoms with E-state index >= 15 is 0 Å². The van der Waals surface area contributed by atoms with Crippen molar-refractivity contribution in [2.45, 2.75) is 25.7 Å². The minimum Gasteiger partial charge on any atom is -0.504 e. The van der Waals surface area contributed by atoms with Crippen LogP contribution in [0, 0.1) is 0 Å². The SMILES string of the molecule is Nc1[nH]ncc1-c1c2c(c(O)c3c1OCCC3)OCCC2. The smallest absolute Gasteiger partial charge is 0.165 e. The van der Waals surface area contributed by atoms with Crippen LogP contribution < -0.4 is 15.2 Å². The van der Waals surface area contributed by atoms with Gasteiger partial charge in [-0.05, 0) is 25.7 Å². The second-order valence-corrected chi connectivity index (χ2v) is 5.44. The molecule has 6 nitrogen and oxygen atoms in total. The second kappa shape index (κ2) is 4.58. The highest BCUT2D eigenvalue weighted by Crippen LogP contribution is 2.51. The molecule has 0 radical (unpaired) electrons. The van der Waals surface area contributed by atoms with E-state index in [0.29, 0.717) is 24.8 Å². The third kappa shape index (κ3) is 1.75. The van der Waals surface area contributed by atoms with Crippen LogP contribution in [0.3, 0.4) is 0 Å². The molecule has 0 spiro atoms. The van der Waals surface area contributed by atoms with E-state index in [1.165, 1.54) is 0 Å². The first-order chi connectivity index (χ1) is 10.3. The summed E-state index contributed by atoms with van der Waals surface area (Å²) in [5.41, 5.74) is 9.52. The fraction of sp³-hybridized carbons (Fsp3) is 0.400. The highest BCUT2D eigenvalue weighted by atomic mass is 16.5. The summed E-state index contributed by atoms with van der Waals surface area (Å²) in [6.45, 7) is 1.28. The Labute approximate surface area is 121 Å². The number of benzene rings is 1. The molecule has 4 N–H and O–H groups in total. The number of aromatic amines is 1. The van der Waals surface area contributed by atoms with Crippen molar-refractivity contribution in [3.63, 3.8) is 0 Å². The average Bonchev–Trinajstić information content (AvgIpc) is 2.94. The van der Waals surface area contributed by atoms with Gasteiger partial charge in [-0.3, -0.25) is 5.10 Å². The number of phenolic OH excluding ortho intramolecular Hbond substituents is 1. The van der Waals surface area contributed by atoms with Gasteiger partial charge in [0.1, 0.15) is 11.6 Å². The van der Waals surface area contributed by atoms with Crippen LogP contribution in [0.25, 0.3) is 11.1 Å². The predicted molar refractivity (Wildman–Crippen MR) is 77.7 cm³/mol. The maximum absolute atomic E-state index is 10.5. The fourth-order valence-electron chi connectivity index (χ4n) is 3.20. The van der Waals surface area contributed by atoms with Crippen LogP contribution in [-0.4, -0.2) is 28.5 Å². The third-order valence-corrected chi connectivity index (χ3v) is 4.15. The summed E-state index contributed by atoms with van der Waals surface area (Å²) in [5.74, 6) is 2.05. The van der Waals surface area contributed by atoms with E-state index in [4.69, 9.17) is 15.2 Å². The van der Waals surface area contributed by atoms with Gasteiger partial charge in [0.25, 0.3) is 0 Å². The molecule has 1 aromatic heterocycles. The van der Waals surface area contributed by atoms with Crippen LogP contribution in [0.4, 0.5) is 5.82 Å². The van der Waals surface area contributed by atoms with Crippen LogP contribution in [-0.2, 0) is 12.8 Å². The third-order valence-electron chi connectivity index (χ3n) is 4.15. The molecule has 1 aromatic carbocycles. The molecule has 6 heteroatoms. The van der Waals surface area contributed by atoms with Gasteiger partial charge in [0.05, 0.1) is 19.4 Å². The number of nitrogens with two attached hydrogens (primary N) is 1. The topological polar surface area (TPSA) is 93.4 Å². The van der Waals surface area contributed by atoms with Crippen LogP contribution in [0.5, 0.6) is 17.2 Å². The zero-order valence-electron chi connectivity index (χ0n) is 11.6. The number of fused-ring (bicyclic) bond motifs is 2. The predicted octanol–water partition coefficient (Wildman–Crippen LogP) is 2.01. The quantitative estimate of drug-likeness (QED) is 0.746. The molecule has 0 atom stereocenters. The number of H-pyrrole nitrogens is 1. The van der Waals surface area contributed by atoms with Crippen molar-refractivity contribution in [1.82, 2.24) is 10.2 Å². The van der Waals surface area contributed by atoms with Crippen molar-refractivity contribution in [2.75, 3.05) is 18.9 Å². The summed E-state index contributed by atoms with van der Waals surface area (Å²) in [4.78, 5) is 0. The molecule has 0 saturated heterocycles. The van der Waals surface area contributed by atoms with Gasteiger partial charge in [-0.2, -0.15) is 5.10 Å². The number of rotatable bonds is 1. The number of nitrogen functional groups attached to an aromatic ring is 1. The van der Waals surface area contributed by atoms with E-state index < -0.39 is 0 Å². The maximum atomic E-state index is 10.5. The van der Waals surface area contributed by atoms with Crippen LogP contribution in [0.2, 0.25) is 0 Å². The lowest BCUT2D eigenvalue weighted by Gasteiger charge is -2.28. The monoisotopic (exact) mass is 287 g/mol. The van der Waals surface area contributed by atoms with E-state index in [1.807, 2.05) is 0 Å². The van der Waals surface area contributed by atoms with E-state index in [0.717, 1.165) is 53.7 Å². The largest absolute Gasteiger partial charge is 0.504 e. The van der Waals surface area contributed by atoms with Crippen LogP contribution in [0.15, 0.2) is 6.20 Å². The Bertz CT molecular complexity index is 671. The normalized spacial score (nSPS) is 16.6. The molecule has 0 unspecified atom stereocenters. The molecule has 2 aliphatic heterocycles. The fourth-order valence-corrected chi connectivity index (χ4v) is 3.20. The number of ether oxygens (including phenoxy) is 2. The van der Waals surface area contributed by atoms with Gasteiger partial charge in [0.15, 0.2) is 11.5 Å². The molecule has 0 amide bonds. The lowest BCUT2D eigenvalue weighted by molar-refractivity contribution is 0.258. The Kier molecular flexibility index (Phi) is 2.70. The van der Waals surface area contributed by atoms with Gasteiger partial charge >= 0.3 is 0 Å². The van der Waals surface area contributed by atoms with Crippen LogP contribution >= 0.6 is 0 Å². The van der Waals surface area contributed by atoms with Crippen molar-refractivity contribution in [1.29, 1.82) is 0 Å². The molecule has 0 bridgehead atoms. The number of nitrogens with one attached hydrogen (secondary N) is 1. The molecule has 110 valence electrons. The van der Waals surface area contributed by atoms with Gasteiger partial charge < -0.3 is 20.3 Å². The number of hydrogen-bond acceptors (Lipinski definition) is 5. The van der Waals surface area contributed by atoms with Crippen molar-refractivity contribution < 1.29 is 14.6 Å². The standard InChI is InChI=1S/C15H17N3O3/c16-15-10(7-17-18-15)11-8-3-1-6-21-14(8)12(19)9-4-2-5-20-13(9)11/h7,19H,1-6H2,(H3,16,17,18). The van der Waals surface area contributed by atoms with Crippen LogP contribution in [0.1, 0.15) is 24.0 Å². The Hall–Kier alpha value is -2.37. The molecule has 4 rings (SSSR count). The van der Waals surface area contributed by atoms with E-state index in [1.54, 1.807) is 6.20 Å². The van der Waals surface area contributed by atoms with E-state index in [9.17, 15) is 5.11 Å². The summed E-state index contributed by atoms with van der Waals surface area (Å²) < 4.78 is 11.6. The Balaban J connectivity index is 2.06. The maximum Gasteiger partial charge on any atom is 0.165 e. The Morgan fingerprint density at radius 3 is 2.52 bits per heavy atom. The van der Waals surface area contributed by atoms with E-state index in [-0.39, 0.29) is 5.75 Å². The first kappa shape index (κ1) is 12.4. The molecular weight excluding hydrogens is 270 g/mol. The van der Waals surface area contributed by atoms with Crippen molar-refractivity contribution in [3.8, 4) is 28.4 Å². The van der Waals surface area contributed by atoms with Gasteiger partial charge in [-0.25, -0.2) is 0 Å². The van der Waals surface area contributed by atoms with Crippen molar-refractivity contribution >= 4 is 5.82 Å². The molecule has 0 aliphatic carbocycles. The molecular formula is C15H17N3O3. The van der Waals surface area contributed by atoms with Gasteiger partial charge in [0.2, 0.25) is 0 Å². The molecule has 2 aromatic rings. The molecule has 2 aliphatic rings. The van der Waals surface area contributed by atoms with Crippen molar-refractivity contribution in [3.05, 3.63) is 17.3 Å². The zero-order chi connectivity index (χ0) is 14.4. The lowest BCUT2D eigenvalue weighted by Crippen LogP contribution is -2.16. The first-order valence-electron chi connectivity index (χ1n) is 7.23. The molecule has 21 heavy (non-hydrogen) atoms. The summed E-state index contributed by atoms with van der Waals surface area (Å²) >= 11 is 0. The summed E-state index contributed by atoms with van der Waals surface area (Å²) in [5, 5.41) is 17.3. The number of phenols is 1. The number of hydrogen-bond donors (Lipinski definition) is 3. The molecule has 3 heterocycles. The Morgan fingerprint density at radius 1 is 1.10 bits per heavy atom. The average molecular weight is 287 g/mol. The lowest BCUT2D eigenvalue weighted by atomic mass is 9.89. The van der Waals surface area contributed by atoms with Gasteiger partial charge in [-0.15, -0.1) is 0 Å². The number of aromatic hydroxyl groups is 1. The first-order valence-corrected chi connectivity index (χ1v) is 7.23. The molecule has 0 saturated carbocycles. The van der Waals surface area contributed by atoms with E-state index in [2.05, 4.69) is 10.2 Å². The highest BCUT2D eigenvalue weighted by molar-refractivity contribution is 5.86. The van der Waals surface area contributed by atoms with Crippen molar-refractivity contribution in [2.24, 2.45) is 0 Å².